The average molecular weight is 249 g/mol. The molecule has 3 nitrogen and oxygen atoms in total. The van der Waals surface area contributed by atoms with Crippen molar-refractivity contribution in [2.75, 3.05) is 0 Å². The molecule has 0 aliphatic heterocycles. The van der Waals surface area contributed by atoms with Crippen LogP contribution in [0.25, 0.3) is 0 Å². The molecule has 0 aliphatic carbocycles. The second-order valence-electron chi connectivity index (χ2n) is 3.75. The molecule has 0 bridgehead atoms. The first-order valence-corrected chi connectivity index (χ1v) is 5.20. The van der Waals surface area contributed by atoms with Gasteiger partial charge in [-0.05, 0) is 0 Å². The van der Waals surface area contributed by atoms with Crippen LogP contribution in [0.4, 0.5) is 14.5 Å². The van der Waals surface area contributed by atoms with Crippen molar-refractivity contribution < 1.29 is 13.7 Å². The summed E-state index contributed by atoms with van der Waals surface area (Å²) in [6, 6.07) is 11.7. The highest BCUT2D eigenvalue weighted by Crippen LogP contribution is 2.36. The molecule has 0 aliphatic rings. The standard InChI is InChI=1S/C13H9F2NO2/c14-13(15,10-5-2-1-3-6-10)11-7-4-8-12(9-11)16(17)18/h1-9H. The van der Waals surface area contributed by atoms with Gasteiger partial charge in [-0.3, -0.25) is 10.1 Å². The third kappa shape index (κ3) is 2.20. The fourth-order valence-corrected chi connectivity index (χ4v) is 1.63. The summed E-state index contributed by atoms with van der Waals surface area (Å²) < 4.78 is 28.2. The van der Waals surface area contributed by atoms with Gasteiger partial charge in [0.15, 0.2) is 0 Å². The minimum Gasteiger partial charge on any atom is -0.258 e. The van der Waals surface area contributed by atoms with Crippen LogP contribution in [-0.4, -0.2) is 4.92 Å². The zero-order valence-corrected chi connectivity index (χ0v) is 9.22. The Hall–Kier alpha value is -2.30. The van der Waals surface area contributed by atoms with E-state index in [1.54, 1.807) is 6.07 Å². The number of benzene rings is 2. The van der Waals surface area contributed by atoms with Gasteiger partial charge in [-0.2, -0.15) is 8.78 Å². The zero-order valence-electron chi connectivity index (χ0n) is 9.22. The van der Waals surface area contributed by atoms with Crippen LogP contribution in [0.1, 0.15) is 11.1 Å². The van der Waals surface area contributed by atoms with Crippen molar-refractivity contribution in [1.82, 2.24) is 0 Å². The topological polar surface area (TPSA) is 43.1 Å². The van der Waals surface area contributed by atoms with Gasteiger partial charge in [-0.25, -0.2) is 0 Å². The van der Waals surface area contributed by atoms with Crippen molar-refractivity contribution in [3.63, 3.8) is 0 Å². The van der Waals surface area contributed by atoms with Crippen LogP contribution in [0.15, 0.2) is 54.6 Å². The van der Waals surface area contributed by atoms with Crippen LogP contribution < -0.4 is 0 Å². The van der Waals surface area contributed by atoms with Crippen LogP contribution in [-0.2, 0) is 5.92 Å². The number of hydrogen-bond donors (Lipinski definition) is 0. The first-order chi connectivity index (χ1) is 8.51. The Morgan fingerprint density at radius 3 is 2.17 bits per heavy atom. The van der Waals surface area contributed by atoms with E-state index in [-0.39, 0.29) is 16.8 Å². The summed E-state index contributed by atoms with van der Waals surface area (Å²) in [6.45, 7) is 0. The Kier molecular flexibility index (Phi) is 3.06. The Bertz CT molecular complexity index is 570. The molecular weight excluding hydrogens is 240 g/mol. The number of non-ortho nitro benzene ring substituents is 1. The Morgan fingerprint density at radius 2 is 1.56 bits per heavy atom. The lowest BCUT2D eigenvalue weighted by molar-refractivity contribution is -0.385. The first-order valence-electron chi connectivity index (χ1n) is 5.20. The highest BCUT2D eigenvalue weighted by atomic mass is 19.3. The van der Waals surface area contributed by atoms with Gasteiger partial charge in [0.2, 0.25) is 0 Å². The van der Waals surface area contributed by atoms with E-state index in [9.17, 15) is 18.9 Å². The van der Waals surface area contributed by atoms with Crippen molar-refractivity contribution in [2.45, 2.75) is 5.92 Å². The second-order valence-corrected chi connectivity index (χ2v) is 3.75. The van der Waals surface area contributed by atoms with E-state index in [4.69, 9.17) is 0 Å². The maximum atomic E-state index is 14.1. The van der Waals surface area contributed by atoms with Crippen LogP contribution in [0.3, 0.4) is 0 Å². The number of halogens is 2. The van der Waals surface area contributed by atoms with Gasteiger partial charge in [0.25, 0.3) is 11.6 Å². The van der Waals surface area contributed by atoms with Crippen molar-refractivity contribution in [2.24, 2.45) is 0 Å². The molecule has 92 valence electrons. The van der Waals surface area contributed by atoms with Gasteiger partial charge in [-0.1, -0.05) is 42.5 Å². The monoisotopic (exact) mass is 249 g/mol. The molecule has 0 spiro atoms. The van der Waals surface area contributed by atoms with Gasteiger partial charge in [-0.15, -0.1) is 0 Å². The van der Waals surface area contributed by atoms with E-state index in [0.29, 0.717) is 0 Å². The quantitative estimate of drug-likeness (QED) is 0.614. The SMILES string of the molecule is O=[N+]([O-])c1cccc(C(F)(F)c2ccccc2)c1. The molecule has 0 atom stereocenters. The lowest BCUT2D eigenvalue weighted by atomic mass is 10.00. The normalized spacial score (nSPS) is 11.2. The minimum atomic E-state index is -3.24. The van der Waals surface area contributed by atoms with Gasteiger partial charge in [0.1, 0.15) is 0 Å². The average Bonchev–Trinajstić information content (AvgIpc) is 2.40. The van der Waals surface area contributed by atoms with E-state index >= 15 is 0 Å². The van der Waals surface area contributed by atoms with Gasteiger partial charge < -0.3 is 0 Å². The lowest BCUT2D eigenvalue weighted by Gasteiger charge is -2.16. The molecule has 18 heavy (non-hydrogen) atoms. The second kappa shape index (κ2) is 4.52. The lowest BCUT2D eigenvalue weighted by Crippen LogP contribution is -2.15. The molecule has 0 saturated carbocycles. The Balaban J connectivity index is 2.47. The smallest absolute Gasteiger partial charge is 0.258 e. The van der Waals surface area contributed by atoms with E-state index in [2.05, 4.69) is 0 Å². The molecule has 0 radical (unpaired) electrons. The fourth-order valence-electron chi connectivity index (χ4n) is 1.63. The van der Waals surface area contributed by atoms with Crippen molar-refractivity contribution >= 4 is 5.69 Å². The molecule has 0 aromatic heterocycles. The highest BCUT2D eigenvalue weighted by molar-refractivity contribution is 5.40. The van der Waals surface area contributed by atoms with E-state index < -0.39 is 10.8 Å². The maximum Gasteiger partial charge on any atom is 0.298 e. The Labute approximate surface area is 102 Å². The van der Waals surface area contributed by atoms with Crippen LogP contribution in [0.5, 0.6) is 0 Å². The van der Waals surface area contributed by atoms with E-state index in [1.807, 2.05) is 0 Å². The van der Waals surface area contributed by atoms with Gasteiger partial charge in [0.05, 0.1) is 4.92 Å². The molecule has 2 aromatic carbocycles. The van der Waals surface area contributed by atoms with Crippen molar-refractivity contribution in [3.8, 4) is 0 Å². The molecular formula is C13H9F2NO2. The summed E-state index contributed by atoms with van der Waals surface area (Å²) in [5, 5.41) is 10.6. The van der Waals surface area contributed by atoms with Crippen molar-refractivity contribution in [1.29, 1.82) is 0 Å². The number of hydrogen-bond acceptors (Lipinski definition) is 2. The molecule has 2 rings (SSSR count). The first kappa shape index (κ1) is 12.2. The molecule has 0 unspecified atom stereocenters. The largest absolute Gasteiger partial charge is 0.298 e. The molecule has 2 aromatic rings. The fraction of sp³-hybridized carbons (Fsp3) is 0.0769. The number of nitro groups is 1. The zero-order chi connectivity index (χ0) is 13.2. The minimum absolute atomic E-state index is 0.189. The third-order valence-corrected chi connectivity index (χ3v) is 2.56. The van der Waals surface area contributed by atoms with E-state index in [0.717, 1.165) is 6.07 Å². The predicted molar refractivity (Wildman–Crippen MR) is 62.5 cm³/mol. The summed E-state index contributed by atoms with van der Waals surface area (Å²) in [7, 11) is 0. The number of alkyl halides is 2. The molecule has 0 amide bonds. The number of rotatable bonds is 3. The summed E-state index contributed by atoms with van der Waals surface area (Å²) in [6.07, 6.45) is 0. The predicted octanol–water partition coefficient (Wildman–Crippen LogP) is 3.73. The molecule has 0 N–H and O–H groups in total. The molecule has 0 heterocycles. The maximum absolute atomic E-state index is 14.1. The van der Waals surface area contributed by atoms with E-state index in [1.165, 1.54) is 42.5 Å². The summed E-state index contributed by atoms with van der Waals surface area (Å²) in [5.41, 5.74) is -0.920. The van der Waals surface area contributed by atoms with Crippen molar-refractivity contribution in [3.05, 3.63) is 75.8 Å². The molecule has 0 fully saturated rings. The number of nitrogens with zero attached hydrogens (tertiary/aromatic N) is 1. The van der Waals surface area contributed by atoms with Crippen LogP contribution in [0, 0.1) is 10.1 Å². The molecule has 5 heteroatoms. The summed E-state index contributed by atoms with van der Waals surface area (Å²) in [4.78, 5) is 9.89. The highest BCUT2D eigenvalue weighted by Gasteiger charge is 2.34. The molecule has 0 saturated heterocycles. The Morgan fingerprint density at radius 1 is 0.944 bits per heavy atom. The number of nitro benzene ring substituents is 1. The summed E-state index contributed by atoms with van der Waals surface area (Å²) in [5.74, 6) is -3.24. The van der Waals surface area contributed by atoms with Crippen LogP contribution >= 0.6 is 0 Å². The van der Waals surface area contributed by atoms with Gasteiger partial charge in [0, 0.05) is 23.3 Å². The van der Waals surface area contributed by atoms with Gasteiger partial charge >= 0.3 is 0 Å². The summed E-state index contributed by atoms with van der Waals surface area (Å²) >= 11 is 0. The third-order valence-electron chi connectivity index (χ3n) is 2.56. The van der Waals surface area contributed by atoms with Crippen LogP contribution in [0.2, 0.25) is 0 Å².